The first-order valence-electron chi connectivity index (χ1n) is 4.65. The van der Waals surface area contributed by atoms with Crippen molar-refractivity contribution in [1.29, 1.82) is 0 Å². The molecule has 0 bridgehead atoms. The van der Waals surface area contributed by atoms with E-state index in [1.165, 1.54) is 16.9 Å². The van der Waals surface area contributed by atoms with Crippen LogP contribution in [0.25, 0.3) is 0 Å². The Morgan fingerprint density at radius 1 is 1.23 bits per heavy atom. The molecule has 0 heterocycles. The maximum atomic E-state index is 5.72. The van der Waals surface area contributed by atoms with E-state index < -0.39 is 0 Å². The van der Waals surface area contributed by atoms with Crippen molar-refractivity contribution in [3.8, 4) is 0 Å². The zero-order valence-electron chi connectivity index (χ0n) is 9.16. The number of nitrogens with zero attached hydrogens (tertiary/aromatic N) is 1. The standard InChI is InChI=1S/C10H20N2S/c1-6-9(7(2)3)13-12-10(11)8(4)5/h6-8H,1-5H3,(H2,11,12)/b9-6-. The van der Waals surface area contributed by atoms with Crippen molar-refractivity contribution < 1.29 is 0 Å². The lowest BCUT2D eigenvalue weighted by molar-refractivity contribution is 0.814. The fraction of sp³-hybridized carbons (Fsp3) is 0.700. The molecular weight excluding hydrogens is 180 g/mol. The van der Waals surface area contributed by atoms with E-state index in [0.717, 1.165) is 0 Å². The number of hydrogen-bond donors (Lipinski definition) is 1. The van der Waals surface area contributed by atoms with Crippen molar-refractivity contribution in [2.75, 3.05) is 0 Å². The molecule has 0 aliphatic heterocycles. The Labute approximate surface area is 85.8 Å². The van der Waals surface area contributed by atoms with E-state index >= 15 is 0 Å². The minimum absolute atomic E-state index is 0.331. The Hall–Kier alpha value is -0.440. The molecule has 0 aliphatic carbocycles. The van der Waals surface area contributed by atoms with Crippen LogP contribution in [0.15, 0.2) is 15.4 Å². The topological polar surface area (TPSA) is 38.4 Å². The summed E-state index contributed by atoms with van der Waals surface area (Å²) in [7, 11) is 0. The van der Waals surface area contributed by atoms with Gasteiger partial charge in [0.25, 0.3) is 0 Å². The van der Waals surface area contributed by atoms with Gasteiger partial charge in [-0.25, -0.2) is 0 Å². The number of allylic oxidation sites excluding steroid dienone is 2. The second-order valence-corrected chi connectivity index (χ2v) is 4.44. The molecule has 0 unspecified atom stereocenters. The average Bonchev–Trinajstić information content (AvgIpc) is 2.04. The highest BCUT2D eigenvalue weighted by atomic mass is 32.2. The first-order chi connectivity index (χ1) is 5.99. The van der Waals surface area contributed by atoms with Gasteiger partial charge < -0.3 is 5.73 Å². The summed E-state index contributed by atoms with van der Waals surface area (Å²) in [5.74, 6) is 1.57. The van der Waals surface area contributed by atoms with Gasteiger partial charge in [0.15, 0.2) is 0 Å². The summed E-state index contributed by atoms with van der Waals surface area (Å²) in [6, 6.07) is 0. The molecule has 0 aromatic carbocycles. The van der Waals surface area contributed by atoms with Crippen LogP contribution in [0.1, 0.15) is 34.6 Å². The second-order valence-electron chi connectivity index (χ2n) is 3.61. The van der Waals surface area contributed by atoms with E-state index in [-0.39, 0.29) is 0 Å². The van der Waals surface area contributed by atoms with Crippen LogP contribution in [0.5, 0.6) is 0 Å². The van der Waals surface area contributed by atoms with Gasteiger partial charge in [0.1, 0.15) is 5.84 Å². The van der Waals surface area contributed by atoms with Crippen molar-refractivity contribution in [3.05, 3.63) is 11.0 Å². The molecule has 0 aromatic heterocycles. The normalized spacial score (nSPS) is 14.4. The Kier molecular flexibility index (Phi) is 5.88. The summed E-state index contributed by atoms with van der Waals surface area (Å²) in [5.41, 5.74) is 5.72. The van der Waals surface area contributed by atoms with E-state index in [2.05, 4.69) is 24.3 Å². The molecule has 13 heavy (non-hydrogen) atoms. The summed E-state index contributed by atoms with van der Waals surface area (Å²) in [6.07, 6.45) is 2.09. The van der Waals surface area contributed by atoms with E-state index in [1.54, 1.807) is 0 Å². The van der Waals surface area contributed by atoms with Crippen molar-refractivity contribution in [1.82, 2.24) is 0 Å². The van der Waals surface area contributed by atoms with Crippen LogP contribution in [0, 0.1) is 11.8 Å². The Balaban J connectivity index is 4.21. The summed E-state index contributed by atoms with van der Waals surface area (Å²) in [6.45, 7) is 10.4. The zero-order chi connectivity index (χ0) is 10.4. The van der Waals surface area contributed by atoms with Gasteiger partial charge in [-0.2, -0.15) is 4.40 Å². The van der Waals surface area contributed by atoms with Crippen LogP contribution in [0.4, 0.5) is 0 Å². The van der Waals surface area contributed by atoms with Gasteiger partial charge in [-0.15, -0.1) is 0 Å². The molecule has 0 saturated carbocycles. The highest BCUT2D eigenvalue weighted by Gasteiger charge is 2.04. The molecule has 0 saturated heterocycles. The molecule has 0 amide bonds. The summed E-state index contributed by atoms with van der Waals surface area (Å²) in [5, 5.41) is 0. The van der Waals surface area contributed by atoms with Crippen LogP contribution in [-0.2, 0) is 0 Å². The monoisotopic (exact) mass is 200 g/mol. The minimum Gasteiger partial charge on any atom is -0.386 e. The van der Waals surface area contributed by atoms with E-state index in [9.17, 15) is 0 Å². The van der Waals surface area contributed by atoms with Gasteiger partial charge in [0.05, 0.1) is 0 Å². The van der Waals surface area contributed by atoms with Gasteiger partial charge in [0, 0.05) is 22.8 Å². The molecular formula is C10H20N2S. The Morgan fingerprint density at radius 3 is 2.08 bits per heavy atom. The maximum absolute atomic E-state index is 5.72. The Bertz CT molecular complexity index is 205. The predicted octanol–water partition coefficient (Wildman–Crippen LogP) is 3.21. The molecule has 0 rings (SSSR count). The number of rotatable bonds is 4. The van der Waals surface area contributed by atoms with E-state index in [1.807, 2.05) is 20.8 Å². The lowest BCUT2D eigenvalue weighted by Crippen LogP contribution is -2.17. The van der Waals surface area contributed by atoms with Crippen molar-refractivity contribution in [3.63, 3.8) is 0 Å². The molecule has 2 nitrogen and oxygen atoms in total. The third-order valence-electron chi connectivity index (χ3n) is 1.70. The smallest absolute Gasteiger partial charge is 0.110 e. The van der Waals surface area contributed by atoms with E-state index in [4.69, 9.17) is 5.73 Å². The maximum Gasteiger partial charge on any atom is 0.110 e. The van der Waals surface area contributed by atoms with Gasteiger partial charge in [-0.3, -0.25) is 0 Å². The fourth-order valence-corrected chi connectivity index (χ4v) is 1.44. The van der Waals surface area contributed by atoms with Crippen molar-refractivity contribution in [2.24, 2.45) is 22.0 Å². The molecule has 0 aromatic rings. The summed E-state index contributed by atoms with van der Waals surface area (Å²) < 4.78 is 4.26. The Morgan fingerprint density at radius 2 is 1.77 bits per heavy atom. The van der Waals surface area contributed by atoms with E-state index in [0.29, 0.717) is 17.7 Å². The number of nitrogens with two attached hydrogens (primary N) is 1. The quantitative estimate of drug-likeness (QED) is 0.430. The highest BCUT2D eigenvalue weighted by molar-refractivity contribution is 8.02. The predicted molar refractivity (Wildman–Crippen MR) is 62.6 cm³/mol. The van der Waals surface area contributed by atoms with Crippen LogP contribution >= 0.6 is 11.9 Å². The summed E-state index contributed by atoms with van der Waals surface area (Å²) in [4.78, 5) is 1.27. The van der Waals surface area contributed by atoms with Gasteiger partial charge in [-0.05, 0) is 12.8 Å². The average molecular weight is 200 g/mol. The lowest BCUT2D eigenvalue weighted by atomic mass is 10.2. The fourth-order valence-electron chi connectivity index (χ4n) is 0.702. The third-order valence-corrected chi connectivity index (χ3v) is 2.92. The molecule has 0 radical (unpaired) electrons. The first kappa shape index (κ1) is 12.6. The highest BCUT2D eigenvalue weighted by Crippen LogP contribution is 2.24. The molecule has 0 aliphatic rings. The minimum atomic E-state index is 0.331. The SMILES string of the molecule is C/C=C(\S/N=C(\N)C(C)C)C(C)C. The molecule has 0 fully saturated rings. The second kappa shape index (κ2) is 6.08. The van der Waals surface area contributed by atoms with Gasteiger partial charge in [0.2, 0.25) is 0 Å². The van der Waals surface area contributed by atoms with Crippen LogP contribution < -0.4 is 5.73 Å². The first-order valence-corrected chi connectivity index (χ1v) is 5.43. The van der Waals surface area contributed by atoms with Gasteiger partial charge >= 0.3 is 0 Å². The van der Waals surface area contributed by atoms with Crippen LogP contribution in [0.2, 0.25) is 0 Å². The summed E-state index contributed by atoms with van der Waals surface area (Å²) >= 11 is 1.49. The number of amidine groups is 1. The van der Waals surface area contributed by atoms with Crippen LogP contribution in [-0.4, -0.2) is 5.84 Å². The van der Waals surface area contributed by atoms with Gasteiger partial charge in [-0.1, -0.05) is 33.8 Å². The zero-order valence-corrected chi connectivity index (χ0v) is 9.98. The largest absolute Gasteiger partial charge is 0.386 e. The molecule has 0 spiro atoms. The lowest BCUT2D eigenvalue weighted by Gasteiger charge is -2.08. The molecule has 2 N–H and O–H groups in total. The van der Waals surface area contributed by atoms with Crippen molar-refractivity contribution >= 4 is 17.8 Å². The molecule has 3 heteroatoms. The van der Waals surface area contributed by atoms with Crippen molar-refractivity contribution in [2.45, 2.75) is 34.6 Å². The van der Waals surface area contributed by atoms with Crippen LogP contribution in [0.3, 0.4) is 0 Å². The molecule has 0 atom stereocenters. The third kappa shape index (κ3) is 4.98. The molecule has 76 valence electrons. The number of hydrogen-bond acceptors (Lipinski definition) is 2.